The zero-order chi connectivity index (χ0) is 36.3. The molecule has 0 amide bonds. The number of ether oxygens (including phenoxy) is 2. The van der Waals surface area contributed by atoms with Crippen molar-refractivity contribution in [2.75, 3.05) is 13.2 Å². The van der Waals surface area contributed by atoms with Crippen LogP contribution in [0, 0.1) is 22.7 Å². The Bertz CT molecular complexity index is 763. The van der Waals surface area contributed by atoms with E-state index in [0.717, 1.165) is 56.4 Å². The predicted molar refractivity (Wildman–Crippen MR) is 213 cm³/mol. The first-order chi connectivity index (χ1) is 22.4. The Morgan fingerprint density at radius 3 is 1.64 bits per heavy atom. The molecular weight excluding hydrogens is 601 g/mol. The van der Waals surface area contributed by atoms with E-state index in [4.69, 9.17) is 14.9 Å². The normalized spacial score (nSPS) is 13.6. The van der Waals surface area contributed by atoms with Gasteiger partial charge in [0.2, 0.25) is 5.90 Å². The van der Waals surface area contributed by atoms with Crippen molar-refractivity contribution in [3.05, 3.63) is 11.6 Å². The minimum Gasteiger partial charge on any atom is -0.477 e. The van der Waals surface area contributed by atoms with Crippen molar-refractivity contribution in [3.8, 4) is 0 Å². The smallest absolute Gasteiger partial charge is 0.308 e. The molecule has 0 heterocycles. The Labute approximate surface area is 300 Å². The van der Waals surface area contributed by atoms with E-state index < -0.39 is 0 Å². The third kappa shape index (κ3) is 39.0. The van der Waals surface area contributed by atoms with Gasteiger partial charge in [-0.2, -0.15) is 0 Å². The molecule has 1 unspecified atom stereocenters. The average molecular weight is 683 g/mol. The molecule has 47 heavy (non-hydrogen) atoms. The number of nitrogens with zero attached hydrogens (tertiary/aromatic N) is 1. The van der Waals surface area contributed by atoms with Gasteiger partial charge in [-0.1, -0.05) is 166 Å². The predicted octanol–water partition coefficient (Wildman–Crippen LogP) is 13.9. The second kappa shape index (κ2) is 36.0. The number of thiol groups is 1. The molecule has 0 aromatic carbocycles. The zero-order valence-electron chi connectivity index (χ0n) is 33.4. The summed E-state index contributed by atoms with van der Waals surface area (Å²) in [4.78, 5) is 11.2. The van der Waals surface area contributed by atoms with E-state index in [0.29, 0.717) is 24.3 Å². The largest absolute Gasteiger partial charge is 0.477 e. The third-order valence-corrected chi connectivity index (χ3v) is 7.84. The first kappa shape index (κ1) is 50.1. The Kier molecular flexibility index (Phi) is 38.4. The Balaban J connectivity index is -0.000000694. The second-order valence-electron chi connectivity index (χ2n) is 14.5. The maximum atomic E-state index is 11.2. The van der Waals surface area contributed by atoms with Gasteiger partial charge in [-0.25, -0.2) is 4.40 Å². The summed E-state index contributed by atoms with van der Waals surface area (Å²) in [5, 5.41) is 8.07. The maximum Gasteiger partial charge on any atom is 0.308 e. The molecule has 6 heteroatoms. The molecule has 0 aliphatic heterocycles. The molecule has 0 radical (unpaired) electrons. The van der Waals surface area contributed by atoms with Gasteiger partial charge < -0.3 is 9.47 Å². The van der Waals surface area contributed by atoms with Crippen LogP contribution in [0.5, 0.6) is 0 Å². The average Bonchev–Trinajstić information content (AvgIpc) is 3.89. The molecule has 0 aromatic heterocycles. The summed E-state index contributed by atoms with van der Waals surface area (Å²) in [5.74, 6) is 1.20. The van der Waals surface area contributed by atoms with Crippen molar-refractivity contribution in [2.45, 2.75) is 205 Å². The molecule has 5 nitrogen and oxygen atoms in total. The Hall–Kier alpha value is -1.30. The van der Waals surface area contributed by atoms with E-state index in [2.05, 4.69) is 85.6 Å². The maximum absolute atomic E-state index is 11.2. The second-order valence-corrected chi connectivity index (χ2v) is 14.7. The molecule has 0 bridgehead atoms. The SMILES string of the molecule is CC.CC(C)(C)C.CCCCCCCCCCCCOC(=O)C1CC1.CCCCCCOC(=N)C(=N\S)/C(=C/CCC(C)CC)CC. The minimum atomic E-state index is 0.0472. The number of unbranched alkanes of at least 4 members (excludes halogenated alkanes) is 12. The molecular formula is C41H82N2O3S. The van der Waals surface area contributed by atoms with Gasteiger partial charge in [0.1, 0.15) is 5.71 Å². The third-order valence-electron chi connectivity index (χ3n) is 7.64. The first-order valence-corrected chi connectivity index (χ1v) is 20.1. The van der Waals surface area contributed by atoms with Crippen molar-refractivity contribution in [2.24, 2.45) is 21.6 Å². The summed E-state index contributed by atoms with van der Waals surface area (Å²) in [6.07, 6.45) is 26.4. The molecule has 1 fully saturated rings. The van der Waals surface area contributed by atoms with E-state index in [1.807, 2.05) is 13.8 Å². The van der Waals surface area contributed by atoms with Gasteiger partial charge in [-0.3, -0.25) is 10.2 Å². The molecule has 1 aliphatic carbocycles. The fourth-order valence-electron chi connectivity index (χ4n) is 4.38. The first-order valence-electron chi connectivity index (χ1n) is 19.7. The lowest BCUT2D eigenvalue weighted by atomic mass is 10.00. The Morgan fingerprint density at radius 2 is 1.23 bits per heavy atom. The van der Waals surface area contributed by atoms with Crippen molar-refractivity contribution >= 4 is 30.4 Å². The van der Waals surface area contributed by atoms with Gasteiger partial charge in [0.15, 0.2) is 0 Å². The van der Waals surface area contributed by atoms with Crippen LogP contribution in [0.15, 0.2) is 16.0 Å². The molecule has 0 saturated heterocycles. The van der Waals surface area contributed by atoms with Crippen molar-refractivity contribution in [1.82, 2.24) is 0 Å². The van der Waals surface area contributed by atoms with Gasteiger partial charge in [0, 0.05) is 0 Å². The molecule has 1 rings (SSSR count). The molecule has 0 aromatic rings. The summed E-state index contributed by atoms with van der Waals surface area (Å²) in [5.41, 5.74) is 2.15. The molecule has 1 N–H and O–H groups in total. The van der Waals surface area contributed by atoms with Crippen LogP contribution in [-0.2, 0) is 14.3 Å². The van der Waals surface area contributed by atoms with Crippen LogP contribution in [0.25, 0.3) is 0 Å². The number of allylic oxidation sites excluding steroid dienone is 1. The topological polar surface area (TPSA) is 71.7 Å². The number of carbonyl (C=O) groups is 1. The van der Waals surface area contributed by atoms with Crippen molar-refractivity contribution in [3.63, 3.8) is 0 Å². The zero-order valence-corrected chi connectivity index (χ0v) is 34.3. The van der Waals surface area contributed by atoms with Gasteiger partial charge in [0.25, 0.3) is 0 Å². The summed E-state index contributed by atoms with van der Waals surface area (Å²) >= 11 is 4.03. The number of nitrogens with one attached hydrogen (secondary N) is 1. The monoisotopic (exact) mass is 683 g/mol. The van der Waals surface area contributed by atoms with Gasteiger partial charge >= 0.3 is 5.97 Å². The van der Waals surface area contributed by atoms with E-state index in [-0.39, 0.29) is 17.8 Å². The summed E-state index contributed by atoms with van der Waals surface area (Å²) in [7, 11) is 0. The number of rotatable bonds is 24. The highest BCUT2D eigenvalue weighted by atomic mass is 32.1. The van der Waals surface area contributed by atoms with Crippen LogP contribution in [-0.4, -0.2) is 30.8 Å². The highest BCUT2D eigenvalue weighted by Crippen LogP contribution is 2.30. The van der Waals surface area contributed by atoms with Crippen molar-refractivity contribution < 1.29 is 14.3 Å². The summed E-state index contributed by atoms with van der Waals surface area (Å²) < 4.78 is 14.7. The number of carbonyl (C=O) groups excluding carboxylic acids is 1. The lowest BCUT2D eigenvalue weighted by molar-refractivity contribution is -0.145. The summed E-state index contributed by atoms with van der Waals surface area (Å²) in [6, 6.07) is 0. The Morgan fingerprint density at radius 1 is 0.809 bits per heavy atom. The molecule has 0 spiro atoms. The molecule has 1 aliphatic rings. The van der Waals surface area contributed by atoms with Gasteiger partial charge in [-0.05, 0) is 74.7 Å². The van der Waals surface area contributed by atoms with Crippen LogP contribution in [0.3, 0.4) is 0 Å². The van der Waals surface area contributed by atoms with E-state index in [9.17, 15) is 4.79 Å². The van der Waals surface area contributed by atoms with Crippen LogP contribution >= 0.6 is 12.8 Å². The highest BCUT2D eigenvalue weighted by Gasteiger charge is 2.30. The van der Waals surface area contributed by atoms with Gasteiger partial charge in [0.05, 0.1) is 19.1 Å². The quantitative estimate of drug-likeness (QED) is 0.0350. The highest BCUT2D eigenvalue weighted by molar-refractivity contribution is 7.79. The van der Waals surface area contributed by atoms with E-state index in [1.165, 1.54) is 83.5 Å². The van der Waals surface area contributed by atoms with E-state index in [1.54, 1.807) is 0 Å². The molecule has 1 atom stereocenters. The number of hydrogen-bond acceptors (Lipinski definition) is 6. The van der Waals surface area contributed by atoms with Crippen LogP contribution < -0.4 is 0 Å². The fourth-order valence-corrected chi connectivity index (χ4v) is 4.60. The standard InChI is InChI=1S/C18H34N2OS.C16H30O2.C5H12.C2H6/c1-5-8-9-10-14-21-18(19)17(20-22)16(7-3)13-11-12-15(4)6-2;1-2-3-4-5-6-7-8-9-10-11-14-18-16(17)15-12-13-15;1-5(2,3)4;1-2/h13,15,19,22H,5-12,14H2,1-4H3;15H,2-14H2,1H3;1-4H3;1-2H3/b16-13+,19-18?,20-17-;;;. The van der Waals surface area contributed by atoms with Crippen LogP contribution in [0.4, 0.5) is 0 Å². The summed E-state index contributed by atoms with van der Waals surface area (Å²) in [6.45, 7) is 25.0. The van der Waals surface area contributed by atoms with Crippen LogP contribution in [0.2, 0.25) is 0 Å². The molecule has 280 valence electrons. The lowest BCUT2D eigenvalue weighted by Gasteiger charge is -2.12. The van der Waals surface area contributed by atoms with E-state index >= 15 is 0 Å². The minimum absolute atomic E-state index is 0.0472. The molecule has 1 saturated carbocycles. The number of hydrogen-bond donors (Lipinski definition) is 2. The lowest BCUT2D eigenvalue weighted by Crippen LogP contribution is -2.19. The fraction of sp³-hybridized carbons (Fsp3) is 0.878. The van der Waals surface area contributed by atoms with Crippen LogP contribution in [0.1, 0.15) is 205 Å². The number of esters is 1. The van der Waals surface area contributed by atoms with Gasteiger partial charge in [-0.15, -0.1) is 0 Å². The van der Waals surface area contributed by atoms with Crippen molar-refractivity contribution in [1.29, 1.82) is 5.41 Å².